The SMILES string of the molecule is COc1cccc(COc2cc(F)cc(B(O)O)c2)c1. The summed E-state index contributed by atoms with van der Waals surface area (Å²) >= 11 is 0. The van der Waals surface area contributed by atoms with Gasteiger partial charge in [-0.1, -0.05) is 12.1 Å². The third-order valence-electron chi connectivity index (χ3n) is 2.73. The average molecular weight is 276 g/mol. The minimum Gasteiger partial charge on any atom is -0.497 e. The number of hydrogen-bond acceptors (Lipinski definition) is 4. The number of ether oxygens (including phenoxy) is 2. The van der Waals surface area contributed by atoms with Crippen molar-refractivity contribution >= 4 is 12.6 Å². The van der Waals surface area contributed by atoms with Gasteiger partial charge in [-0.3, -0.25) is 0 Å². The average Bonchev–Trinajstić information content (AvgIpc) is 2.44. The Morgan fingerprint density at radius 2 is 1.90 bits per heavy atom. The second kappa shape index (κ2) is 6.41. The van der Waals surface area contributed by atoms with Gasteiger partial charge in [0.2, 0.25) is 0 Å². The first kappa shape index (κ1) is 14.4. The van der Waals surface area contributed by atoms with Crippen molar-refractivity contribution in [2.24, 2.45) is 0 Å². The first-order valence-corrected chi connectivity index (χ1v) is 6.01. The summed E-state index contributed by atoms with van der Waals surface area (Å²) in [7, 11) is -0.161. The molecule has 6 heteroatoms. The summed E-state index contributed by atoms with van der Waals surface area (Å²) in [4.78, 5) is 0. The molecule has 2 aromatic rings. The third-order valence-corrected chi connectivity index (χ3v) is 2.73. The van der Waals surface area contributed by atoms with E-state index in [0.29, 0.717) is 5.75 Å². The van der Waals surface area contributed by atoms with Gasteiger partial charge in [0, 0.05) is 6.07 Å². The summed E-state index contributed by atoms with van der Waals surface area (Å²) in [5.74, 6) is 0.351. The fraction of sp³-hybridized carbons (Fsp3) is 0.143. The van der Waals surface area contributed by atoms with Crippen LogP contribution in [0.1, 0.15) is 5.56 Å². The van der Waals surface area contributed by atoms with Gasteiger partial charge < -0.3 is 19.5 Å². The molecule has 20 heavy (non-hydrogen) atoms. The Balaban J connectivity index is 2.10. The van der Waals surface area contributed by atoms with Crippen molar-refractivity contribution < 1.29 is 23.9 Å². The lowest BCUT2D eigenvalue weighted by molar-refractivity contribution is 0.303. The maximum absolute atomic E-state index is 13.3. The predicted molar refractivity (Wildman–Crippen MR) is 73.6 cm³/mol. The molecule has 104 valence electrons. The van der Waals surface area contributed by atoms with Crippen LogP contribution in [-0.2, 0) is 6.61 Å². The summed E-state index contributed by atoms with van der Waals surface area (Å²) in [6, 6.07) is 10.9. The van der Waals surface area contributed by atoms with Crippen LogP contribution in [0.5, 0.6) is 11.5 Å². The van der Waals surface area contributed by atoms with Gasteiger partial charge in [0.25, 0.3) is 0 Å². The van der Waals surface area contributed by atoms with Crippen molar-refractivity contribution in [3.8, 4) is 11.5 Å². The van der Waals surface area contributed by atoms with E-state index in [-0.39, 0.29) is 17.8 Å². The Labute approximate surface area is 116 Å². The quantitative estimate of drug-likeness (QED) is 0.803. The largest absolute Gasteiger partial charge is 0.497 e. The summed E-state index contributed by atoms with van der Waals surface area (Å²) in [6.45, 7) is 0.224. The maximum Gasteiger partial charge on any atom is 0.488 e. The van der Waals surface area contributed by atoms with E-state index >= 15 is 0 Å². The highest BCUT2D eigenvalue weighted by atomic mass is 19.1. The fourth-order valence-corrected chi connectivity index (χ4v) is 1.75. The van der Waals surface area contributed by atoms with Gasteiger partial charge in [0.1, 0.15) is 23.9 Å². The second-order valence-electron chi connectivity index (χ2n) is 4.23. The highest BCUT2D eigenvalue weighted by molar-refractivity contribution is 6.58. The molecule has 0 amide bonds. The van der Waals surface area contributed by atoms with Crippen LogP contribution in [0, 0.1) is 5.82 Å². The Hall–Kier alpha value is -2.05. The summed E-state index contributed by atoms with van der Waals surface area (Å²) in [5.41, 5.74) is 0.908. The van der Waals surface area contributed by atoms with E-state index in [0.717, 1.165) is 11.6 Å². The first-order chi connectivity index (χ1) is 9.58. The predicted octanol–water partition coefficient (Wildman–Crippen LogP) is 1.09. The molecule has 0 unspecified atom stereocenters. The van der Waals surface area contributed by atoms with Crippen LogP contribution in [0.25, 0.3) is 0 Å². The van der Waals surface area contributed by atoms with Crippen LogP contribution in [0.15, 0.2) is 42.5 Å². The monoisotopic (exact) mass is 276 g/mol. The molecule has 0 atom stereocenters. The van der Waals surface area contributed by atoms with E-state index in [1.54, 1.807) is 13.2 Å². The number of rotatable bonds is 5. The van der Waals surface area contributed by atoms with E-state index in [9.17, 15) is 4.39 Å². The lowest BCUT2D eigenvalue weighted by atomic mass is 9.80. The van der Waals surface area contributed by atoms with Crippen molar-refractivity contribution in [1.82, 2.24) is 0 Å². The standard InChI is InChI=1S/C14H14BFO4/c1-19-13-4-2-3-10(5-13)9-20-14-7-11(15(17)18)6-12(16)8-14/h2-8,17-18H,9H2,1H3. The van der Waals surface area contributed by atoms with Crippen molar-refractivity contribution in [3.05, 3.63) is 53.8 Å². The van der Waals surface area contributed by atoms with Gasteiger partial charge in [-0.2, -0.15) is 0 Å². The Morgan fingerprint density at radius 1 is 1.10 bits per heavy atom. The number of hydrogen-bond donors (Lipinski definition) is 2. The minimum absolute atomic E-state index is 0.0469. The topological polar surface area (TPSA) is 58.9 Å². The number of halogens is 1. The Morgan fingerprint density at radius 3 is 2.60 bits per heavy atom. The molecule has 0 aliphatic heterocycles. The van der Waals surface area contributed by atoms with Crippen LogP contribution in [-0.4, -0.2) is 24.3 Å². The van der Waals surface area contributed by atoms with Gasteiger partial charge >= 0.3 is 7.12 Å². The van der Waals surface area contributed by atoms with Gasteiger partial charge in [-0.05, 0) is 35.3 Å². The molecule has 0 saturated heterocycles. The van der Waals surface area contributed by atoms with Crippen LogP contribution >= 0.6 is 0 Å². The molecule has 0 bridgehead atoms. The molecule has 0 aliphatic rings. The first-order valence-electron chi connectivity index (χ1n) is 6.01. The molecule has 0 aromatic heterocycles. The molecule has 0 saturated carbocycles. The smallest absolute Gasteiger partial charge is 0.488 e. The maximum atomic E-state index is 13.3. The molecule has 0 heterocycles. The van der Waals surface area contributed by atoms with Crippen LogP contribution in [0.4, 0.5) is 4.39 Å². The third kappa shape index (κ3) is 3.72. The highest BCUT2D eigenvalue weighted by Gasteiger charge is 2.13. The minimum atomic E-state index is -1.73. The zero-order valence-electron chi connectivity index (χ0n) is 10.9. The fourth-order valence-electron chi connectivity index (χ4n) is 1.75. The van der Waals surface area contributed by atoms with Crippen LogP contribution < -0.4 is 14.9 Å². The molecular weight excluding hydrogens is 262 g/mol. The molecule has 0 fully saturated rings. The lowest BCUT2D eigenvalue weighted by Gasteiger charge is -2.09. The van der Waals surface area contributed by atoms with Crippen LogP contribution in [0.3, 0.4) is 0 Å². The number of benzene rings is 2. The van der Waals surface area contributed by atoms with Gasteiger partial charge in [0.05, 0.1) is 7.11 Å². The summed E-state index contributed by atoms with van der Waals surface area (Å²) in [5, 5.41) is 18.1. The second-order valence-corrected chi connectivity index (χ2v) is 4.23. The molecule has 0 radical (unpaired) electrons. The van der Waals surface area contributed by atoms with E-state index in [1.807, 2.05) is 18.2 Å². The van der Waals surface area contributed by atoms with Gasteiger partial charge in [0.15, 0.2) is 0 Å². The summed E-state index contributed by atoms with van der Waals surface area (Å²) in [6.07, 6.45) is 0. The van der Waals surface area contributed by atoms with E-state index in [2.05, 4.69) is 0 Å². The van der Waals surface area contributed by atoms with Crippen molar-refractivity contribution in [2.45, 2.75) is 6.61 Å². The van der Waals surface area contributed by atoms with Crippen molar-refractivity contribution in [1.29, 1.82) is 0 Å². The van der Waals surface area contributed by atoms with Crippen molar-refractivity contribution in [3.63, 3.8) is 0 Å². The highest BCUT2D eigenvalue weighted by Crippen LogP contribution is 2.16. The molecule has 2 aromatic carbocycles. The van der Waals surface area contributed by atoms with Crippen molar-refractivity contribution in [2.75, 3.05) is 7.11 Å². The zero-order chi connectivity index (χ0) is 14.5. The van der Waals surface area contributed by atoms with Crippen LogP contribution in [0.2, 0.25) is 0 Å². The van der Waals surface area contributed by atoms with E-state index in [1.165, 1.54) is 12.1 Å². The van der Waals surface area contributed by atoms with E-state index < -0.39 is 12.9 Å². The van der Waals surface area contributed by atoms with Gasteiger partial charge in [-0.25, -0.2) is 4.39 Å². The van der Waals surface area contributed by atoms with E-state index in [4.69, 9.17) is 19.5 Å². The molecular formula is C14H14BFO4. The normalized spacial score (nSPS) is 10.2. The lowest BCUT2D eigenvalue weighted by Crippen LogP contribution is -2.30. The Kier molecular flexibility index (Phi) is 4.60. The number of methoxy groups -OCH3 is 1. The molecule has 2 N–H and O–H groups in total. The van der Waals surface area contributed by atoms with Gasteiger partial charge in [-0.15, -0.1) is 0 Å². The summed E-state index contributed by atoms with van der Waals surface area (Å²) < 4.78 is 23.9. The molecule has 4 nitrogen and oxygen atoms in total. The molecule has 0 spiro atoms. The zero-order valence-corrected chi connectivity index (χ0v) is 10.9. The molecule has 2 rings (SSSR count). The Bertz CT molecular complexity index is 589. The molecule has 0 aliphatic carbocycles.